The molecule has 27 heavy (non-hydrogen) atoms. The summed E-state index contributed by atoms with van der Waals surface area (Å²) >= 11 is 0. The van der Waals surface area contributed by atoms with E-state index in [1.165, 1.54) is 0 Å². The van der Waals surface area contributed by atoms with Gasteiger partial charge in [0, 0.05) is 34.1 Å². The summed E-state index contributed by atoms with van der Waals surface area (Å²) in [5.41, 5.74) is 2.10. The Kier molecular flexibility index (Phi) is 4.24. The molecule has 0 spiro atoms. The highest BCUT2D eigenvalue weighted by Crippen LogP contribution is 2.21. The Morgan fingerprint density at radius 2 is 1.93 bits per heavy atom. The van der Waals surface area contributed by atoms with Gasteiger partial charge in [0.1, 0.15) is 0 Å². The fraction of sp³-hybridized carbons (Fsp3) is 0.190. The lowest BCUT2D eigenvalue weighted by molar-refractivity contribution is 0.0950. The van der Waals surface area contributed by atoms with Crippen LogP contribution in [0.2, 0.25) is 0 Å². The summed E-state index contributed by atoms with van der Waals surface area (Å²) in [5.74, 6) is -0.175. The Labute approximate surface area is 155 Å². The molecule has 0 atom stereocenters. The van der Waals surface area contributed by atoms with Crippen molar-refractivity contribution in [3.63, 3.8) is 0 Å². The molecule has 2 heterocycles. The molecule has 136 valence electrons. The summed E-state index contributed by atoms with van der Waals surface area (Å²) in [6, 6.07) is 15.3. The summed E-state index contributed by atoms with van der Waals surface area (Å²) in [7, 11) is 0. The first kappa shape index (κ1) is 17.0. The molecule has 6 heteroatoms. The van der Waals surface area contributed by atoms with E-state index in [9.17, 15) is 9.59 Å². The van der Waals surface area contributed by atoms with Gasteiger partial charge in [-0.2, -0.15) is 5.10 Å². The summed E-state index contributed by atoms with van der Waals surface area (Å²) in [6.07, 6.45) is 2.04. The Bertz CT molecular complexity index is 1200. The van der Waals surface area contributed by atoms with Gasteiger partial charge in [0.2, 0.25) is 0 Å². The highest BCUT2D eigenvalue weighted by molar-refractivity contribution is 5.98. The molecule has 0 aliphatic carbocycles. The van der Waals surface area contributed by atoms with Gasteiger partial charge in [-0.05, 0) is 44.2 Å². The van der Waals surface area contributed by atoms with Crippen LogP contribution >= 0.6 is 0 Å². The Morgan fingerprint density at radius 1 is 1.15 bits per heavy atom. The lowest BCUT2D eigenvalue weighted by atomic mass is 10.1. The third-order valence-electron chi connectivity index (χ3n) is 4.73. The first-order valence-electron chi connectivity index (χ1n) is 8.89. The first-order valence-corrected chi connectivity index (χ1v) is 8.89. The smallest absolute Gasteiger partial charge is 0.272 e. The second-order valence-electron chi connectivity index (χ2n) is 6.82. The monoisotopic (exact) mass is 360 g/mol. The van der Waals surface area contributed by atoms with Crippen LogP contribution < -0.4 is 10.9 Å². The lowest BCUT2D eigenvalue weighted by Crippen LogP contribution is -2.24. The molecule has 0 radical (unpaired) electrons. The highest BCUT2D eigenvalue weighted by Gasteiger charge is 2.11. The van der Waals surface area contributed by atoms with Crippen molar-refractivity contribution in [1.82, 2.24) is 20.1 Å². The summed E-state index contributed by atoms with van der Waals surface area (Å²) in [4.78, 5) is 24.4. The maximum absolute atomic E-state index is 12.6. The number of H-pyrrole nitrogens is 1. The zero-order valence-corrected chi connectivity index (χ0v) is 15.2. The van der Waals surface area contributed by atoms with E-state index in [1.807, 2.05) is 42.6 Å². The molecule has 4 aromatic rings. The SMILES string of the molecule is CC(C)n1ccc2cc(C(=O)NCc3n[nH]c(=O)c4ccccc34)ccc21. The van der Waals surface area contributed by atoms with Crippen LogP contribution in [0.15, 0.2) is 59.5 Å². The maximum atomic E-state index is 12.6. The first-order chi connectivity index (χ1) is 13.0. The van der Waals surface area contributed by atoms with Crippen LogP contribution in [0.1, 0.15) is 35.9 Å². The van der Waals surface area contributed by atoms with Crippen LogP contribution in [-0.4, -0.2) is 20.7 Å². The van der Waals surface area contributed by atoms with Crippen molar-refractivity contribution >= 4 is 27.6 Å². The normalized spacial score (nSPS) is 11.4. The maximum Gasteiger partial charge on any atom is 0.272 e. The molecular formula is C21H20N4O2. The van der Waals surface area contributed by atoms with E-state index >= 15 is 0 Å². The second-order valence-corrected chi connectivity index (χ2v) is 6.82. The van der Waals surface area contributed by atoms with Gasteiger partial charge in [-0.3, -0.25) is 9.59 Å². The Hall–Kier alpha value is -3.41. The van der Waals surface area contributed by atoms with E-state index in [0.29, 0.717) is 22.7 Å². The summed E-state index contributed by atoms with van der Waals surface area (Å²) in [5, 5.41) is 11.8. The van der Waals surface area contributed by atoms with E-state index in [-0.39, 0.29) is 18.0 Å². The highest BCUT2D eigenvalue weighted by atomic mass is 16.1. The third-order valence-corrected chi connectivity index (χ3v) is 4.73. The van der Waals surface area contributed by atoms with E-state index < -0.39 is 0 Å². The van der Waals surface area contributed by atoms with Gasteiger partial charge >= 0.3 is 0 Å². The standard InChI is InChI=1S/C21H20N4O2/c1-13(2)25-10-9-14-11-15(7-8-19(14)25)20(26)22-12-18-16-5-3-4-6-17(16)21(27)24-23-18/h3-11,13H,12H2,1-2H3,(H,22,26)(H,24,27). The molecule has 0 bridgehead atoms. The number of nitrogens with zero attached hydrogens (tertiary/aromatic N) is 2. The van der Waals surface area contributed by atoms with Gasteiger partial charge in [0.25, 0.3) is 11.5 Å². The molecule has 0 unspecified atom stereocenters. The van der Waals surface area contributed by atoms with E-state index in [2.05, 4.69) is 33.9 Å². The summed E-state index contributed by atoms with van der Waals surface area (Å²) < 4.78 is 2.17. The van der Waals surface area contributed by atoms with Crippen molar-refractivity contribution in [3.05, 3.63) is 76.3 Å². The van der Waals surface area contributed by atoms with E-state index in [0.717, 1.165) is 16.3 Å². The molecule has 2 aromatic carbocycles. The zero-order chi connectivity index (χ0) is 19.0. The van der Waals surface area contributed by atoms with Crippen LogP contribution in [-0.2, 0) is 6.54 Å². The number of nitrogens with one attached hydrogen (secondary N) is 2. The van der Waals surface area contributed by atoms with Crippen molar-refractivity contribution in [1.29, 1.82) is 0 Å². The van der Waals surface area contributed by atoms with Crippen LogP contribution in [0, 0.1) is 0 Å². The predicted octanol–water partition coefficient (Wildman–Crippen LogP) is 3.39. The second kappa shape index (κ2) is 6.72. The third kappa shape index (κ3) is 3.10. The Morgan fingerprint density at radius 3 is 2.70 bits per heavy atom. The van der Waals surface area contributed by atoms with Crippen molar-refractivity contribution in [2.24, 2.45) is 0 Å². The van der Waals surface area contributed by atoms with Gasteiger partial charge in [0.05, 0.1) is 17.6 Å². The molecule has 2 N–H and O–H groups in total. The van der Waals surface area contributed by atoms with Gasteiger partial charge in [-0.1, -0.05) is 18.2 Å². The number of aromatic amines is 1. The summed E-state index contributed by atoms with van der Waals surface area (Å²) in [6.45, 7) is 4.49. The molecule has 0 saturated heterocycles. The number of fused-ring (bicyclic) bond motifs is 2. The van der Waals surface area contributed by atoms with Crippen molar-refractivity contribution in [3.8, 4) is 0 Å². The van der Waals surface area contributed by atoms with Crippen LogP contribution in [0.4, 0.5) is 0 Å². The van der Waals surface area contributed by atoms with E-state index in [1.54, 1.807) is 12.1 Å². The van der Waals surface area contributed by atoms with E-state index in [4.69, 9.17) is 0 Å². The largest absolute Gasteiger partial charge is 0.346 e. The number of carbonyl (C=O) groups is 1. The molecular weight excluding hydrogens is 340 g/mol. The molecule has 0 aliphatic rings. The molecule has 1 amide bonds. The number of hydrogen-bond acceptors (Lipinski definition) is 3. The van der Waals surface area contributed by atoms with Gasteiger partial charge in [-0.25, -0.2) is 5.10 Å². The average Bonchev–Trinajstić information content (AvgIpc) is 3.11. The van der Waals surface area contributed by atoms with Crippen molar-refractivity contribution < 1.29 is 4.79 Å². The molecule has 0 aliphatic heterocycles. The van der Waals surface area contributed by atoms with Crippen LogP contribution in [0.25, 0.3) is 21.7 Å². The minimum absolute atomic E-state index is 0.175. The van der Waals surface area contributed by atoms with Crippen LogP contribution in [0.3, 0.4) is 0 Å². The zero-order valence-electron chi connectivity index (χ0n) is 15.2. The molecule has 6 nitrogen and oxygen atoms in total. The lowest BCUT2D eigenvalue weighted by Gasteiger charge is -2.10. The molecule has 0 fully saturated rings. The molecule has 4 rings (SSSR count). The van der Waals surface area contributed by atoms with Crippen molar-refractivity contribution in [2.45, 2.75) is 26.4 Å². The Balaban J connectivity index is 1.57. The number of carbonyl (C=O) groups excluding carboxylic acids is 1. The van der Waals surface area contributed by atoms with Crippen molar-refractivity contribution in [2.75, 3.05) is 0 Å². The average molecular weight is 360 g/mol. The number of hydrogen-bond donors (Lipinski definition) is 2. The minimum Gasteiger partial charge on any atom is -0.346 e. The molecule has 0 saturated carbocycles. The fourth-order valence-corrected chi connectivity index (χ4v) is 3.33. The van der Waals surface area contributed by atoms with Gasteiger partial charge in [-0.15, -0.1) is 0 Å². The predicted molar refractivity (Wildman–Crippen MR) is 106 cm³/mol. The molecule has 2 aromatic heterocycles. The van der Waals surface area contributed by atoms with Gasteiger partial charge < -0.3 is 9.88 Å². The number of benzene rings is 2. The topological polar surface area (TPSA) is 79.8 Å². The fourth-order valence-electron chi connectivity index (χ4n) is 3.33. The quantitative estimate of drug-likeness (QED) is 0.585. The van der Waals surface area contributed by atoms with Crippen LogP contribution in [0.5, 0.6) is 0 Å². The van der Waals surface area contributed by atoms with Gasteiger partial charge in [0.15, 0.2) is 0 Å². The number of amides is 1. The number of rotatable bonds is 4. The minimum atomic E-state index is -0.235. The number of aromatic nitrogens is 3.